The van der Waals surface area contributed by atoms with Gasteiger partial charge in [-0.25, -0.2) is 4.79 Å². The van der Waals surface area contributed by atoms with E-state index >= 15 is 0 Å². The Kier molecular flexibility index (Phi) is 4.59. The lowest BCUT2D eigenvalue weighted by molar-refractivity contribution is -0.137. The molecule has 0 fully saturated rings. The zero-order valence-corrected chi connectivity index (χ0v) is 7.83. The van der Waals surface area contributed by atoms with E-state index in [2.05, 4.69) is 11.3 Å². The lowest BCUT2D eigenvalue weighted by Crippen LogP contribution is -2.24. The summed E-state index contributed by atoms with van der Waals surface area (Å²) in [5, 5.41) is 9.49. The number of rotatable bonds is 4. The van der Waals surface area contributed by atoms with Gasteiger partial charge in [0.15, 0.2) is 0 Å². The van der Waals surface area contributed by atoms with Crippen LogP contribution < -0.4 is 0 Å². The third-order valence-corrected chi connectivity index (χ3v) is 1.99. The van der Waals surface area contributed by atoms with Crippen LogP contribution in [0.4, 0.5) is 0 Å². The molecular formula is C9H16O3. The number of ether oxygens (including phenoxy) is 1. The second kappa shape index (κ2) is 4.93. The molecule has 0 heterocycles. The molecule has 0 spiro atoms. The molecule has 3 nitrogen and oxygen atoms in total. The number of carbonyl (C=O) groups is 1. The molecule has 0 saturated heterocycles. The average molecular weight is 172 g/mol. The number of hydrogen-bond donors (Lipinski definition) is 1. The topological polar surface area (TPSA) is 46.5 Å². The van der Waals surface area contributed by atoms with E-state index in [-0.39, 0.29) is 11.5 Å². The van der Waals surface area contributed by atoms with E-state index in [9.17, 15) is 9.90 Å². The maximum atomic E-state index is 10.9. The molecule has 0 bridgehead atoms. The normalized spacial score (nSPS) is 15.0. The summed E-state index contributed by atoms with van der Waals surface area (Å²) in [6.45, 7) is 7.27. The van der Waals surface area contributed by atoms with Crippen LogP contribution in [-0.4, -0.2) is 24.3 Å². The van der Waals surface area contributed by atoms with Gasteiger partial charge in [0, 0.05) is 0 Å². The number of methoxy groups -OCH3 is 1. The second-order valence-corrected chi connectivity index (χ2v) is 2.85. The predicted octanol–water partition coefficient (Wildman–Crippen LogP) is 1.12. The van der Waals surface area contributed by atoms with Gasteiger partial charge in [0.25, 0.3) is 0 Å². The van der Waals surface area contributed by atoms with Gasteiger partial charge in [-0.1, -0.05) is 26.8 Å². The molecule has 0 aliphatic rings. The Morgan fingerprint density at radius 2 is 2.17 bits per heavy atom. The van der Waals surface area contributed by atoms with Crippen LogP contribution >= 0.6 is 0 Å². The van der Waals surface area contributed by atoms with E-state index in [0.717, 1.165) is 6.42 Å². The maximum Gasteiger partial charge on any atom is 0.335 e. The van der Waals surface area contributed by atoms with Gasteiger partial charge in [0.1, 0.15) is 0 Å². The van der Waals surface area contributed by atoms with Gasteiger partial charge in [0.2, 0.25) is 0 Å². The van der Waals surface area contributed by atoms with Crippen LogP contribution in [0.25, 0.3) is 0 Å². The largest absolute Gasteiger partial charge is 0.466 e. The molecule has 0 amide bonds. The Labute approximate surface area is 73.0 Å². The third-order valence-electron chi connectivity index (χ3n) is 1.99. The van der Waals surface area contributed by atoms with Crippen molar-refractivity contribution in [2.45, 2.75) is 26.4 Å². The highest BCUT2D eigenvalue weighted by Gasteiger charge is 2.21. The van der Waals surface area contributed by atoms with Gasteiger partial charge in [-0.15, -0.1) is 0 Å². The van der Waals surface area contributed by atoms with Gasteiger partial charge >= 0.3 is 5.97 Å². The summed E-state index contributed by atoms with van der Waals surface area (Å²) in [4.78, 5) is 10.9. The van der Waals surface area contributed by atoms with Crippen LogP contribution in [0.2, 0.25) is 0 Å². The van der Waals surface area contributed by atoms with Crippen molar-refractivity contribution in [1.82, 2.24) is 0 Å². The van der Waals surface area contributed by atoms with Crippen LogP contribution in [0.3, 0.4) is 0 Å². The first-order valence-electron chi connectivity index (χ1n) is 3.99. The lowest BCUT2D eigenvalue weighted by Gasteiger charge is -2.17. The van der Waals surface area contributed by atoms with E-state index in [0.29, 0.717) is 0 Å². The summed E-state index contributed by atoms with van der Waals surface area (Å²) in [7, 11) is 1.27. The van der Waals surface area contributed by atoms with Crippen molar-refractivity contribution in [3.63, 3.8) is 0 Å². The molecule has 0 aliphatic heterocycles. The quantitative estimate of drug-likeness (QED) is 0.510. The monoisotopic (exact) mass is 172 g/mol. The van der Waals surface area contributed by atoms with Gasteiger partial charge in [-0.3, -0.25) is 0 Å². The van der Waals surface area contributed by atoms with Crippen molar-refractivity contribution >= 4 is 5.97 Å². The van der Waals surface area contributed by atoms with Crippen molar-refractivity contribution in [2.24, 2.45) is 5.92 Å². The number of hydrogen-bond acceptors (Lipinski definition) is 3. The van der Waals surface area contributed by atoms with Gasteiger partial charge in [-0.2, -0.15) is 0 Å². The van der Waals surface area contributed by atoms with Crippen molar-refractivity contribution in [2.75, 3.05) is 7.11 Å². The van der Waals surface area contributed by atoms with Crippen molar-refractivity contribution in [1.29, 1.82) is 0 Å². The fourth-order valence-electron chi connectivity index (χ4n) is 0.819. The number of aliphatic hydroxyl groups is 1. The highest BCUT2D eigenvalue weighted by atomic mass is 16.5. The summed E-state index contributed by atoms with van der Waals surface area (Å²) in [5.41, 5.74) is 0.131. The van der Waals surface area contributed by atoms with Gasteiger partial charge < -0.3 is 9.84 Å². The fraction of sp³-hybridized carbons (Fsp3) is 0.667. The SMILES string of the molecule is C=C(C(=O)OC)C(O)C(C)CC. The molecule has 70 valence electrons. The molecule has 0 saturated carbocycles. The fourth-order valence-corrected chi connectivity index (χ4v) is 0.819. The molecule has 0 aromatic rings. The highest BCUT2D eigenvalue weighted by Crippen LogP contribution is 2.14. The first-order chi connectivity index (χ1) is 5.54. The standard InChI is InChI=1S/C9H16O3/c1-5-6(2)8(10)7(3)9(11)12-4/h6,8,10H,3,5H2,1-2,4H3. The maximum absolute atomic E-state index is 10.9. The molecule has 0 aliphatic carbocycles. The highest BCUT2D eigenvalue weighted by molar-refractivity contribution is 5.88. The number of carbonyl (C=O) groups excluding carboxylic acids is 1. The van der Waals surface area contributed by atoms with E-state index in [1.54, 1.807) is 0 Å². The van der Waals surface area contributed by atoms with E-state index in [4.69, 9.17) is 0 Å². The Bertz CT molecular complexity index is 175. The second-order valence-electron chi connectivity index (χ2n) is 2.85. The van der Waals surface area contributed by atoms with E-state index in [1.807, 2.05) is 13.8 Å². The van der Waals surface area contributed by atoms with Crippen molar-refractivity contribution in [3.8, 4) is 0 Å². The lowest BCUT2D eigenvalue weighted by atomic mass is 9.96. The first kappa shape index (κ1) is 11.2. The van der Waals surface area contributed by atoms with Crippen LogP contribution in [0.1, 0.15) is 20.3 Å². The van der Waals surface area contributed by atoms with Crippen LogP contribution in [0, 0.1) is 5.92 Å². The van der Waals surface area contributed by atoms with Crippen LogP contribution in [0.5, 0.6) is 0 Å². The summed E-state index contributed by atoms with van der Waals surface area (Å²) >= 11 is 0. The smallest absolute Gasteiger partial charge is 0.335 e. The summed E-state index contributed by atoms with van der Waals surface area (Å²) in [5.74, 6) is -0.501. The Hall–Kier alpha value is -0.830. The summed E-state index contributed by atoms with van der Waals surface area (Å²) in [6.07, 6.45) is 0.0134. The summed E-state index contributed by atoms with van der Waals surface area (Å²) in [6, 6.07) is 0. The van der Waals surface area contributed by atoms with E-state index in [1.165, 1.54) is 7.11 Å². The molecule has 3 heteroatoms. The van der Waals surface area contributed by atoms with E-state index < -0.39 is 12.1 Å². The molecule has 0 rings (SSSR count). The summed E-state index contributed by atoms with van der Waals surface area (Å²) < 4.78 is 4.43. The van der Waals surface area contributed by atoms with Gasteiger partial charge in [0.05, 0.1) is 18.8 Å². The first-order valence-corrected chi connectivity index (χ1v) is 3.99. The van der Waals surface area contributed by atoms with Crippen molar-refractivity contribution in [3.05, 3.63) is 12.2 Å². The van der Waals surface area contributed by atoms with Crippen LogP contribution in [0.15, 0.2) is 12.2 Å². The average Bonchev–Trinajstić information content (AvgIpc) is 2.12. The molecule has 2 unspecified atom stereocenters. The predicted molar refractivity (Wildman–Crippen MR) is 46.6 cm³/mol. The van der Waals surface area contributed by atoms with Gasteiger partial charge in [-0.05, 0) is 5.92 Å². The third kappa shape index (κ3) is 2.66. The number of esters is 1. The van der Waals surface area contributed by atoms with Crippen molar-refractivity contribution < 1.29 is 14.6 Å². The zero-order chi connectivity index (χ0) is 9.72. The van der Waals surface area contributed by atoms with Crippen LogP contribution in [-0.2, 0) is 9.53 Å². The minimum atomic E-state index is -0.789. The molecule has 2 atom stereocenters. The molecule has 0 radical (unpaired) electrons. The zero-order valence-electron chi connectivity index (χ0n) is 7.83. The Balaban J connectivity index is 4.19. The Morgan fingerprint density at radius 1 is 1.67 bits per heavy atom. The molecule has 1 N–H and O–H groups in total. The molecule has 12 heavy (non-hydrogen) atoms. The molecular weight excluding hydrogens is 156 g/mol. The molecule has 0 aromatic carbocycles. The number of aliphatic hydroxyl groups excluding tert-OH is 1. The Morgan fingerprint density at radius 3 is 2.50 bits per heavy atom. The minimum absolute atomic E-state index is 0.0385. The molecule has 0 aromatic heterocycles. The minimum Gasteiger partial charge on any atom is -0.466 e.